The quantitative estimate of drug-likeness (QED) is 0.868. The second-order valence-electron chi connectivity index (χ2n) is 6.15. The highest BCUT2D eigenvalue weighted by Crippen LogP contribution is 2.15. The van der Waals surface area contributed by atoms with E-state index in [9.17, 15) is 14.4 Å². The first-order valence-corrected chi connectivity index (χ1v) is 7.78. The molecule has 2 aromatic rings. The number of carbonyl (C=O) groups is 2. The van der Waals surface area contributed by atoms with Crippen molar-refractivity contribution in [3.05, 3.63) is 40.3 Å². The summed E-state index contributed by atoms with van der Waals surface area (Å²) in [4.78, 5) is 37.2. The predicted octanol–water partition coefficient (Wildman–Crippen LogP) is 1.60. The molecule has 128 valence electrons. The summed E-state index contributed by atoms with van der Waals surface area (Å²) >= 11 is 0. The van der Waals surface area contributed by atoms with Crippen molar-refractivity contribution < 1.29 is 14.7 Å². The smallest absolute Gasteiger partial charge is 0.305 e. The number of carbonyl (C=O) groups excluding carboxylic acids is 1. The largest absolute Gasteiger partial charge is 0.481 e. The Morgan fingerprint density at radius 1 is 1.25 bits per heavy atom. The van der Waals surface area contributed by atoms with Gasteiger partial charge in [0, 0.05) is 25.5 Å². The molecule has 1 heterocycles. The maximum Gasteiger partial charge on any atom is 0.305 e. The van der Waals surface area contributed by atoms with Crippen molar-refractivity contribution >= 4 is 22.6 Å². The minimum atomic E-state index is -0.975. The number of benzene rings is 1. The minimum Gasteiger partial charge on any atom is -0.481 e. The third-order valence-electron chi connectivity index (χ3n) is 3.62. The molecule has 0 aliphatic heterocycles. The van der Waals surface area contributed by atoms with E-state index >= 15 is 0 Å². The van der Waals surface area contributed by atoms with Crippen molar-refractivity contribution in [1.29, 1.82) is 0 Å². The van der Waals surface area contributed by atoms with Gasteiger partial charge < -0.3 is 10.0 Å². The van der Waals surface area contributed by atoms with Crippen LogP contribution in [-0.4, -0.2) is 45.3 Å². The Morgan fingerprint density at radius 3 is 2.46 bits per heavy atom. The topological polar surface area (TPSA) is 92.5 Å². The van der Waals surface area contributed by atoms with Crippen molar-refractivity contribution in [3.8, 4) is 0 Å². The molecule has 7 nitrogen and oxygen atoms in total. The highest BCUT2D eigenvalue weighted by atomic mass is 16.4. The van der Waals surface area contributed by atoms with Gasteiger partial charge in [-0.2, -0.15) is 5.10 Å². The zero-order chi connectivity index (χ0) is 17.9. The molecule has 1 aromatic heterocycles. The van der Waals surface area contributed by atoms with Gasteiger partial charge in [-0.05, 0) is 12.0 Å². The van der Waals surface area contributed by atoms with E-state index in [1.54, 1.807) is 24.3 Å². The molecule has 24 heavy (non-hydrogen) atoms. The van der Waals surface area contributed by atoms with Crippen molar-refractivity contribution in [2.75, 3.05) is 13.6 Å². The SMILES string of the molecule is CC(C)Cn1nc(C(=O)N(C)CCC(=O)O)c2ccccc2c1=O. The summed E-state index contributed by atoms with van der Waals surface area (Å²) in [5.41, 5.74) is -0.0669. The van der Waals surface area contributed by atoms with Gasteiger partial charge in [0.25, 0.3) is 11.5 Å². The average Bonchev–Trinajstić information content (AvgIpc) is 2.54. The lowest BCUT2D eigenvalue weighted by Crippen LogP contribution is -2.33. The third kappa shape index (κ3) is 3.79. The van der Waals surface area contributed by atoms with E-state index in [1.165, 1.54) is 16.6 Å². The lowest BCUT2D eigenvalue weighted by molar-refractivity contribution is -0.137. The molecule has 0 aliphatic carbocycles. The Bertz CT molecular complexity index is 826. The van der Waals surface area contributed by atoms with Crippen LogP contribution < -0.4 is 5.56 Å². The molecular formula is C17H21N3O4. The number of carboxylic acid groups (broad SMARTS) is 1. The number of aromatic nitrogens is 2. The summed E-state index contributed by atoms with van der Waals surface area (Å²) in [6.07, 6.45) is -0.147. The Morgan fingerprint density at radius 2 is 1.88 bits per heavy atom. The number of amides is 1. The molecule has 7 heteroatoms. The predicted molar refractivity (Wildman–Crippen MR) is 90.1 cm³/mol. The molecule has 0 saturated carbocycles. The lowest BCUT2D eigenvalue weighted by atomic mass is 10.1. The Labute approximate surface area is 139 Å². The van der Waals surface area contributed by atoms with E-state index in [2.05, 4.69) is 5.10 Å². The first-order chi connectivity index (χ1) is 11.3. The fourth-order valence-corrected chi connectivity index (χ4v) is 2.41. The van der Waals surface area contributed by atoms with Gasteiger partial charge in [-0.15, -0.1) is 0 Å². The number of aliphatic carboxylic acids is 1. The summed E-state index contributed by atoms with van der Waals surface area (Å²) in [5, 5.41) is 13.9. The molecule has 0 bridgehead atoms. The highest BCUT2D eigenvalue weighted by molar-refractivity contribution is 6.04. The van der Waals surface area contributed by atoms with Gasteiger partial charge in [0.2, 0.25) is 0 Å². The van der Waals surface area contributed by atoms with Crippen LogP contribution in [0.25, 0.3) is 10.8 Å². The monoisotopic (exact) mass is 331 g/mol. The number of hydrogen-bond donors (Lipinski definition) is 1. The number of nitrogens with zero attached hydrogens (tertiary/aromatic N) is 3. The average molecular weight is 331 g/mol. The summed E-state index contributed by atoms with van der Waals surface area (Å²) < 4.78 is 1.31. The maximum absolute atomic E-state index is 12.7. The van der Waals surface area contributed by atoms with Gasteiger partial charge in [-0.1, -0.05) is 32.0 Å². The van der Waals surface area contributed by atoms with Crippen LogP contribution in [0.5, 0.6) is 0 Å². The Kier molecular flexibility index (Phi) is 5.33. The normalized spacial score (nSPS) is 11.0. The van der Waals surface area contributed by atoms with E-state index in [0.29, 0.717) is 17.3 Å². The molecule has 0 radical (unpaired) electrons. The van der Waals surface area contributed by atoms with Crippen LogP contribution >= 0.6 is 0 Å². The molecule has 1 aromatic carbocycles. The third-order valence-corrected chi connectivity index (χ3v) is 3.62. The van der Waals surface area contributed by atoms with Gasteiger partial charge in [-0.3, -0.25) is 14.4 Å². The van der Waals surface area contributed by atoms with Crippen LogP contribution in [0.2, 0.25) is 0 Å². The highest BCUT2D eigenvalue weighted by Gasteiger charge is 2.20. The summed E-state index contributed by atoms with van der Waals surface area (Å²) in [6.45, 7) is 4.41. The second-order valence-corrected chi connectivity index (χ2v) is 6.15. The number of hydrogen-bond acceptors (Lipinski definition) is 4. The van der Waals surface area contributed by atoms with E-state index < -0.39 is 11.9 Å². The molecule has 0 unspecified atom stereocenters. The first-order valence-electron chi connectivity index (χ1n) is 7.78. The van der Waals surface area contributed by atoms with E-state index in [4.69, 9.17) is 5.11 Å². The molecule has 1 N–H and O–H groups in total. The fourth-order valence-electron chi connectivity index (χ4n) is 2.41. The summed E-state index contributed by atoms with van der Waals surface area (Å²) in [5.74, 6) is -1.17. The van der Waals surface area contributed by atoms with Crippen molar-refractivity contribution in [2.45, 2.75) is 26.8 Å². The zero-order valence-corrected chi connectivity index (χ0v) is 14.0. The van der Waals surface area contributed by atoms with Crippen LogP contribution in [0.1, 0.15) is 30.8 Å². The molecule has 0 fully saturated rings. The van der Waals surface area contributed by atoms with Crippen LogP contribution in [0.4, 0.5) is 0 Å². The molecule has 0 saturated heterocycles. The summed E-state index contributed by atoms with van der Waals surface area (Å²) in [6, 6.07) is 6.84. The van der Waals surface area contributed by atoms with E-state index in [0.717, 1.165) is 0 Å². The summed E-state index contributed by atoms with van der Waals surface area (Å²) in [7, 11) is 1.53. The Hall–Kier alpha value is -2.70. The van der Waals surface area contributed by atoms with Crippen molar-refractivity contribution in [2.24, 2.45) is 5.92 Å². The van der Waals surface area contributed by atoms with Gasteiger partial charge in [0.15, 0.2) is 5.69 Å². The van der Waals surface area contributed by atoms with Gasteiger partial charge in [0.05, 0.1) is 11.8 Å². The maximum atomic E-state index is 12.7. The number of rotatable bonds is 6. The fraction of sp³-hybridized carbons (Fsp3) is 0.412. The zero-order valence-electron chi connectivity index (χ0n) is 14.0. The van der Waals surface area contributed by atoms with Crippen LogP contribution in [0.3, 0.4) is 0 Å². The molecule has 0 atom stereocenters. The lowest BCUT2D eigenvalue weighted by Gasteiger charge is -2.18. The minimum absolute atomic E-state index is 0.0769. The standard InChI is InChI=1S/C17H21N3O4/c1-11(2)10-20-16(23)13-7-5-4-6-12(13)15(18-20)17(24)19(3)9-8-14(21)22/h4-7,11H,8-10H2,1-3H3,(H,21,22). The van der Waals surface area contributed by atoms with Crippen LogP contribution in [-0.2, 0) is 11.3 Å². The molecule has 0 spiro atoms. The van der Waals surface area contributed by atoms with Crippen LogP contribution in [0.15, 0.2) is 29.1 Å². The van der Waals surface area contributed by atoms with Crippen molar-refractivity contribution in [1.82, 2.24) is 14.7 Å². The van der Waals surface area contributed by atoms with Gasteiger partial charge in [-0.25, -0.2) is 4.68 Å². The molecular weight excluding hydrogens is 310 g/mol. The molecule has 2 rings (SSSR count). The van der Waals surface area contributed by atoms with Gasteiger partial charge in [0.1, 0.15) is 0 Å². The van der Waals surface area contributed by atoms with E-state index in [-0.39, 0.29) is 30.1 Å². The number of fused-ring (bicyclic) bond motifs is 1. The van der Waals surface area contributed by atoms with Gasteiger partial charge >= 0.3 is 5.97 Å². The van der Waals surface area contributed by atoms with E-state index in [1.807, 2.05) is 13.8 Å². The molecule has 1 amide bonds. The Balaban J connectivity index is 2.52. The molecule has 0 aliphatic rings. The van der Waals surface area contributed by atoms with Crippen LogP contribution in [0, 0.1) is 5.92 Å². The first kappa shape index (κ1) is 17.7. The second kappa shape index (κ2) is 7.25. The van der Waals surface area contributed by atoms with Crippen molar-refractivity contribution in [3.63, 3.8) is 0 Å². The number of carboxylic acids is 1.